The molecular formula is C14H13Cl2F2NO. The lowest BCUT2D eigenvalue weighted by molar-refractivity contribution is -0.123. The number of fused-ring (bicyclic) bond motifs is 1. The molecule has 1 atom stereocenters. The van der Waals surface area contributed by atoms with Crippen LogP contribution in [0, 0.1) is 17.0 Å². The Morgan fingerprint density at radius 1 is 1.30 bits per heavy atom. The van der Waals surface area contributed by atoms with Crippen molar-refractivity contribution in [2.75, 3.05) is 11.4 Å². The molecule has 0 aromatic heterocycles. The minimum atomic E-state index is -1.07. The highest BCUT2D eigenvalue weighted by Gasteiger charge is 2.69. The van der Waals surface area contributed by atoms with Crippen LogP contribution in [-0.4, -0.2) is 16.8 Å². The van der Waals surface area contributed by atoms with Gasteiger partial charge in [-0.05, 0) is 37.8 Å². The minimum absolute atomic E-state index is 0.227. The third kappa shape index (κ3) is 1.92. The minimum Gasteiger partial charge on any atom is -0.311 e. The molecular weight excluding hydrogens is 307 g/mol. The first-order chi connectivity index (χ1) is 9.26. The molecule has 6 heteroatoms. The summed E-state index contributed by atoms with van der Waals surface area (Å²) in [6, 6.07) is 2.24. The van der Waals surface area contributed by atoms with E-state index < -0.39 is 21.4 Å². The fourth-order valence-electron chi connectivity index (χ4n) is 2.72. The lowest BCUT2D eigenvalue weighted by Crippen LogP contribution is -2.41. The highest BCUT2D eigenvalue weighted by Crippen LogP contribution is 2.64. The van der Waals surface area contributed by atoms with Crippen LogP contribution in [0.15, 0.2) is 12.1 Å². The first-order valence-corrected chi connectivity index (χ1v) is 7.19. The summed E-state index contributed by atoms with van der Waals surface area (Å²) in [5.41, 5.74) is 0.218. The molecule has 0 unspecified atom stereocenters. The van der Waals surface area contributed by atoms with Crippen LogP contribution in [0.1, 0.15) is 25.3 Å². The fraction of sp³-hybridized carbons (Fsp3) is 0.500. The molecule has 0 N–H and O–H groups in total. The van der Waals surface area contributed by atoms with Crippen LogP contribution in [-0.2, 0) is 11.2 Å². The zero-order valence-electron chi connectivity index (χ0n) is 10.9. The van der Waals surface area contributed by atoms with Crippen molar-refractivity contribution in [3.63, 3.8) is 0 Å². The number of alkyl halides is 2. The predicted molar refractivity (Wildman–Crippen MR) is 74.2 cm³/mol. The van der Waals surface area contributed by atoms with Crippen LogP contribution in [0.3, 0.4) is 0 Å². The van der Waals surface area contributed by atoms with Crippen molar-refractivity contribution in [3.05, 3.63) is 29.3 Å². The number of benzene rings is 1. The highest BCUT2D eigenvalue weighted by molar-refractivity contribution is 6.53. The molecule has 1 aliphatic carbocycles. The highest BCUT2D eigenvalue weighted by atomic mass is 35.5. The van der Waals surface area contributed by atoms with Gasteiger partial charge in [-0.2, -0.15) is 0 Å². The average Bonchev–Trinajstić information content (AvgIpc) is 2.90. The van der Waals surface area contributed by atoms with E-state index in [1.54, 1.807) is 6.92 Å². The number of carbonyl (C=O) groups is 1. The Morgan fingerprint density at radius 3 is 2.50 bits per heavy atom. The number of halogens is 4. The molecule has 0 saturated heterocycles. The number of hydrogen-bond donors (Lipinski definition) is 0. The SMILES string of the molecule is C[C@]1(C(=O)N2CCCc3cc(F)c(F)cc32)CC1(Cl)Cl. The summed E-state index contributed by atoms with van der Waals surface area (Å²) < 4.78 is 25.7. The van der Waals surface area contributed by atoms with E-state index in [4.69, 9.17) is 23.2 Å². The molecule has 2 aliphatic rings. The first kappa shape index (κ1) is 14.1. The van der Waals surface area contributed by atoms with Gasteiger partial charge in [-0.3, -0.25) is 4.79 Å². The molecule has 1 aromatic rings. The largest absolute Gasteiger partial charge is 0.311 e. The number of amides is 1. The molecule has 1 amide bonds. The van der Waals surface area contributed by atoms with Crippen LogP contribution in [0.25, 0.3) is 0 Å². The normalized spacial score (nSPS) is 27.1. The maximum absolute atomic E-state index is 13.4. The Bertz CT molecular complexity index is 605. The van der Waals surface area contributed by atoms with E-state index >= 15 is 0 Å². The number of hydrogen-bond acceptors (Lipinski definition) is 1. The van der Waals surface area contributed by atoms with E-state index in [1.807, 2.05) is 0 Å². The van der Waals surface area contributed by atoms with Gasteiger partial charge in [0.25, 0.3) is 0 Å². The van der Waals surface area contributed by atoms with Gasteiger partial charge in [0.15, 0.2) is 11.6 Å². The molecule has 108 valence electrons. The van der Waals surface area contributed by atoms with Gasteiger partial charge >= 0.3 is 0 Å². The molecule has 0 spiro atoms. The van der Waals surface area contributed by atoms with Crippen LogP contribution >= 0.6 is 23.2 Å². The molecule has 0 radical (unpaired) electrons. The summed E-state index contributed by atoms with van der Waals surface area (Å²) in [4.78, 5) is 14.1. The monoisotopic (exact) mass is 319 g/mol. The molecule has 1 heterocycles. The summed E-state index contributed by atoms with van der Waals surface area (Å²) in [6.45, 7) is 2.17. The van der Waals surface area contributed by atoms with Crippen molar-refractivity contribution >= 4 is 34.8 Å². The first-order valence-electron chi connectivity index (χ1n) is 6.44. The summed E-state index contributed by atoms with van der Waals surface area (Å²) in [7, 11) is 0. The van der Waals surface area contributed by atoms with Crippen molar-refractivity contribution in [2.24, 2.45) is 5.41 Å². The van der Waals surface area contributed by atoms with Gasteiger partial charge in [-0.1, -0.05) is 0 Å². The number of aryl methyl sites for hydroxylation is 1. The van der Waals surface area contributed by atoms with E-state index in [9.17, 15) is 13.6 Å². The fourth-order valence-corrected chi connectivity index (χ4v) is 3.41. The summed E-state index contributed by atoms with van der Waals surface area (Å²) >= 11 is 12.1. The number of rotatable bonds is 1. The number of nitrogens with zero attached hydrogens (tertiary/aromatic N) is 1. The van der Waals surface area contributed by atoms with Gasteiger partial charge < -0.3 is 4.90 Å². The van der Waals surface area contributed by atoms with E-state index in [0.717, 1.165) is 12.1 Å². The molecule has 0 bridgehead atoms. The summed E-state index contributed by atoms with van der Waals surface area (Å²) in [6.07, 6.45) is 1.70. The van der Waals surface area contributed by atoms with Gasteiger partial charge in [0.1, 0.15) is 4.33 Å². The lowest BCUT2D eigenvalue weighted by Gasteiger charge is -2.32. The van der Waals surface area contributed by atoms with E-state index in [1.165, 1.54) is 4.90 Å². The summed E-state index contributed by atoms with van der Waals surface area (Å²) in [5, 5.41) is 0. The zero-order valence-corrected chi connectivity index (χ0v) is 12.4. The third-order valence-electron chi connectivity index (χ3n) is 4.22. The molecule has 20 heavy (non-hydrogen) atoms. The molecule has 1 saturated carbocycles. The average molecular weight is 320 g/mol. The van der Waals surface area contributed by atoms with Gasteiger partial charge in [-0.25, -0.2) is 8.78 Å². The second-order valence-corrected chi connectivity index (χ2v) is 7.15. The quantitative estimate of drug-likeness (QED) is 0.720. The second-order valence-electron chi connectivity index (χ2n) is 5.67. The third-order valence-corrected chi connectivity index (χ3v) is 5.32. The Labute approximate surface area is 125 Å². The Kier molecular flexibility index (Phi) is 3.04. The summed E-state index contributed by atoms with van der Waals surface area (Å²) in [5.74, 6) is -2.07. The van der Waals surface area contributed by atoms with Gasteiger partial charge in [0.2, 0.25) is 5.91 Å². The topological polar surface area (TPSA) is 20.3 Å². The predicted octanol–water partition coefficient (Wildman–Crippen LogP) is 3.83. The van der Waals surface area contributed by atoms with E-state index in [-0.39, 0.29) is 5.91 Å². The van der Waals surface area contributed by atoms with Gasteiger partial charge in [0, 0.05) is 18.3 Å². The lowest BCUT2D eigenvalue weighted by atomic mass is 9.98. The maximum Gasteiger partial charge on any atom is 0.236 e. The standard InChI is InChI=1S/C14H13Cl2F2NO/c1-13(7-14(13,15)16)12(20)19-4-2-3-8-5-9(17)10(18)6-11(8)19/h5-6H,2-4,7H2,1H3/t13-/m1/s1. The smallest absolute Gasteiger partial charge is 0.236 e. The van der Waals surface area contributed by atoms with Crippen molar-refractivity contribution in [1.82, 2.24) is 0 Å². The van der Waals surface area contributed by atoms with Crippen LogP contribution < -0.4 is 4.90 Å². The maximum atomic E-state index is 13.4. The second kappa shape index (κ2) is 4.31. The number of carbonyl (C=O) groups excluding carboxylic acids is 1. The van der Waals surface area contributed by atoms with Gasteiger partial charge in [0.05, 0.1) is 5.41 Å². The van der Waals surface area contributed by atoms with Crippen molar-refractivity contribution in [1.29, 1.82) is 0 Å². The molecule has 1 fully saturated rings. The molecule has 1 aromatic carbocycles. The number of anilines is 1. The van der Waals surface area contributed by atoms with Crippen molar-refractivity contribution < 1.29 is 13.6 Å². The van der Waals surface area contributed by atoms with Crippen LogP contribution in [0.4, 0.5) is 14.5 Å². The van der Waals surface area contributed by atoms with Crippen LogP contribution in [0.5, 0.6) is 0 Å². The Balaban J connectivity index is 1.99. The Hall–Kier alpha value is -0.870. The van der Waals surface area contributed by atoms with Crippen molar-refractivity contribution in [2.45, 2.75) is 30.5 Å². The Morgan fingerprint density at radius 2 is 1.90 bits per heavy atom. The van der Waals surface area contributed by atoms with Crippen molar-refractivity contribution in [3.8, 4) is 0 Å². The van der Waals surface area contributed by atoms with E-state index in [0.29, 0.717) is 37.1 Å². The molecule has 3 rings (SSSR count). The van der Waals surface area contributed by atoms with Gasteiger partial charge in [-0.15, -0.1) is 23.2 Å². The molecule has 1 aliphatic heterocycles. The zero-order chi connectivity index (χ0) is 14.7. The molecule has 2 nitrogen and oxygen atoms in total. The van der Waals surface area contributed by atoms with E-state index in [2.05, 4.69) is 0 Å². The van der Waals surface area contributed by atoms with Crippen LogP contribution in [0.2, 0.25) is 0 Å².